The predicted octanol–water partition coefficient (Wildman–Crippen LogP) is 2.26. The van der Waals surface area contributed by atoms with E-state index in [0.29, 0.717) is 10.3 Å². The highest BCUT2D eigenvalue weighted by Gasteiger charge is 2.47. The molecule has 98 valence electrons. The van der Waals surface area contributed by atoms with E-state index in [-0.39, 0.29) is 0 Å². The molecule has 3 nitrogen and oxygen atoms in total. The zero-order chi connectivity index (χ0) is 12.8. The van der Waals surface area contributed by atoms with Crippen LogP contribution in [0.3, 0.4) is 0 Å². The lowest BCUT2D eigenvalue weighted by molar-refractivity contribution is 0.000889. The van der Waals surface area contributed by atoms with E-state index in [1.807, 2.05) is 24.3 Å². The fraction of sp³-hybridized carbons (Fsp3) is 0.571. The topological polar surface area (TPSA) is 53.0 Å². The zero-order valence-electron chi connectivity index (χ0n) is 10.7. The average Bonchev–Trinajstić information content (AvgIpc) is 2.19. The van der Waals surface area contributed by atoms with Crippen molar-refractivity contribution in [2.75, 3.05) is 19.3 Å². The molecule has 2 aliphatic rings. The lowest BCUT2D eigenvalue weighted by Crippen LogP contribution is -2.60. The van der Waals surface area contributed by atoms with Gasteiger partial charge in [0.1, 0.15) is 0 Å². The van der Waals surface area contributed by atoms with Gasteiger partial charge in [-0.05, 0) is 48.3 Å². The molecule has 1 atom stereocenters. The van der Waals surface area contributed by atoms with Crippen LogP contribution in [0, 0.1) is 16.1 Å². The Labute approximate surface area is 109 Å². The van der Waals surface area contributed by atoms with Crippen LogP contribution >= 0.6 is 0 Å². The predicted molar refractivity (Wildman–Crippen MR) is 73.2 cm³/mol. The van der Waals surface area contributed by atoms with Crippen LogP contribution in [-0.4, -0.2) is 23.6 Å². The van der Waals surface area contributed by atoms with Crippen LogP contribution in [0.5, 0.6) is 0 Å². The lowest BCUT2D eigenvalue weighted by atomic mass is 9.57. The SMILES string of the molecule is CS(=N)(=O)c1ccc(CC2CC3(CNC3)C2)cc1. The molecule has 0 aromatic heterocycles. The summed E-state index contributed by atoms with van der Waals surface area (Å²) in [6, 6.07) is 7.78. The Morgan fingerprint density at radius 3 is 2.39 bits per heavy atom. The summed E-state index contributed by atoms with van der Waals surface area (Å²) in [5.74, 6) is 0.819. The highest BCUT2D eigenvalue weighted by Crippen LogP contribution is 2.49. The van der Waals surface area contributed by atoms with Gasteiger partial charge in [-0.1, -0.05) is 12.1 Å². The minimum absolute atomic E-state index is 0.638. The summed E-state index contributed by atoms with van der Waals surface area (Å²) in [7, 11) is -2.56. The minimum Gasteiger partial charge on any atom is -0.316 e. The van der Waals surface area contributed by atoms with Crippen LogP contribution < -0.4 is 5.32 Å². The van der Waals surface area contributed by atoms with Gasteiger partial charge in [-0.2, -0.15) is 0 Å². The average molecular weight is 264 g/mol. The molecule has 0 bridgehead atoms. The highest BCUT2D eigenvalue weighted by atomic mass is 32.2. The lowest BCUT2D eigenvalue weighted by Gasteiger charge is -2.54. The van der Waals surface area contributed by atoms with Gasteiger partial charge in [0.05, 0.1) is 9.73 Å². The van der Waals surface area contributed by atoms with Crippen molar-refractivity contribution in [1.82, 2.24) is 5.32 Å². The molecule has 1 unspecified atom stereocenters. The second-order valence-electron chi connectivity index (χ2n) is 6.07. The van der Waals surface area contributed by atoms with Crippen molar-refractivity contribution < 1.29 is 4.21 Å². The van der Waals surface area contributed by atoms with Crippen molar-refractivity contribution in [3.63, 3.8) is 0 Å². The van der Waals surface area contributed by atoms with E-state index in [1.54, 1.807) is 0 Å². The van der Waals surface area contributed by atoms with E-state index in [9.17, 15) is 4.21 Å². The Balaban J connectivity index is 1.61. The summed E-state index contributed by atoms with van der Waals surface area (Å²) in [6.45, 7) is 2.42. The molecule has 1 aliphatic heterocycles. The van der Waals surface area contributed by atoms with Gasteiger partial charge in [-0.25, -0.2) is 8.99 Å². The van der Waals surface area contributed by atoms with Crippen molar-refractivity contribution in [2.24, 2.45) is 11.3 Å². The molecule has 1 heterocycles. The van der Waals surface area contributed by atoms with E-state index in [0.717, 1.165) is 12.3 Å². The maximum absolute atomic E-state index is 11.6. The van der Waals surface area contributed by atoms with Crippen LogP contribution in [0.1, 0.15) is 18.4 Å². The van der Waals surface area contributed by atoms with Gasteiger partial charge in [-0.15, -0.1) is 0 Å². The molecule has 2 fully saturated rings. The van der Waals surface area contributed by atoms with Crippen LogP contribution in [0.2, 0.25) is 0 Å². The summed E-state index contributed by atoms with van der Waals surface area (Å²) >= 11 is 0. The Hall–Kier alpha value is -0.870. The molecule has 2 N–H and O–H groups in total. The zero-order valence-corrected chi connectivity index (χ0v) is 11.6. The van der Waals surface area contributed by atoms with Crippen molar-refractivity contribution in [3.8, 4) is 0 Å². The summed E-state index contributed by atoms with van der Waals surface area (Å²) in [6.07, 6.45) is 5.31. The molecule has 4 heteroatoms. The molecule has 0 amide bonds. The molecular formula is C14H20N2OS. The second kappa shape index (κ2) is 4.07. The fourth-order valence-electron chi connectivity index (χ4n) is 3.30. The Kier molecular flexibility index (Phi) is 2.75. The van der Waals surface area contributed by atoms with Crippen molar-refractivity contribution >= 4 is 9.73 Å². The van der Waals surface area contributed by atoms with E-state index in [4.69, 9.17) is 4.78 Å². The number of hydrogen-bond acceptors (Lipinski definition) is 3. The third kappa shape index (κ3) is 2.19. The van der Waals surface area contributed by atoms with Gasteiger partial charge in [-0.3, -0.25) is 0 Å². The highest BCUT2D eigenvalue weighted by molar-refractivity contribution is 7.91. The van der Waals surface area contributed by atoms with Crippen LogP contribution in [0.4, 0.5) is 0 Å². The number of nitrogens with one attached hydrogen (secondary N) is 2. The maximum Gasteiger partial charge on any atom is 0.0696 e. The summed E-state index contributed by atoms with van der Waals surface area (Å²) in [4.78, 5) is 0.638. The molecule has 1 aromatic rings. The first kappa shape index (κ1) is 12.2. The third-order valence-corrected chi connectivity index (χ3v) is 5.51. The van der Waals surface area contributed by atoms with Crippen molar-refractivity contribution in [3.05, 3.63) is 29.8 Å². The fourth-order valence-corrected chi connectivity index (χ4v) is 3.95. The molecule has 1 aromatic carbocycles. The van der Waals surface area contributed by atoms with Crippen molar-refractivity contribution in [2.45, 2.75) is 24.2 Å². The van der Waals surface area contributed by atoms with Crippen LogP contribution in [0.15, 0.2) is 29.2 Å². The number of rotatable bonds is 3. The van der Waals surface area contributed by atoms with E-state index >= 15 is 0 Å². The Bertz CT molecular complexity index is 536. The van der Waals surface area contributed by atoms with E-state index in [1.165, 1.54) is 37.8 Å². The van der Waals surface area contributed by atoms with Gasteiger partial charge in [0.25, 0.3) is 0 Å². The first-order valence-electron chi connectivity index (χ1n) is 6.50. The quantitative estimate of drug-likeness (QED) is 0.880. The summed E-state index contributed by atoms with van der Waals surface area (Å²) in [5, 5.41) is 3.36. The van der Waals surface area contributed by atoms with E-state index < -0.39 is 9.73 Å². The molecular weight excluding hydrogens is 244 g/mol. The van der Waals surface area contributed by atoms with E-state index in [2.05, 4.69) is 5.32 Å². The molecule has 1 spiro atoms. The molecule has 1 saturated carbocycles. The van der Waals surface area contributed by atoms with Gasteiger partial charge in [0.2, 0.25) is 0 Å². The van der Waals surface area contributed by atoms with Gasteiger partial charge in [0, 0.05) is 24.2 Å². The number of hydrogen-bond donors (Lipinski definition) is 2. The monoisotopic (exact) mass is 264 g/mol. The first-order chi connectivity index (χ1) is 8.47. The van der Waals surface area contributed by atoms with Gasteiger partial charge < -0.3 is 5.32 Å². The normalized spacial score (nSPS) is 25.2. The van der Waals surface area contributed by atoms with Crippen LogP contribution in [-0.2, 0) is 16.1 Å². The Morgan fingerprint density at radius 2 is 1.94 bits per heavy atom. The standard InChI is InChI=1S/C14H20N2OS/c1-18(15,17)13-4-2-11(3-5-13)6-12-7-14(8-12)9-16-10-14/h2-5,12,15-16H,6-10H2,1H3. The maximum atomic E-state index is 11.6. The van der Waals surface area contributed by atoms with Crippen LogP contribution in [0.25, 0.3) is 0 Å². The largest absolute Gasteiger partial charge is 0.316 e. The second-order valence-corrected chi connectivity index (χ2v) is 8.23. The Morgan fingerprint density at radius 1 is 1.33 bits per heavy atom. The van der Waals surface area contributed by atoms with Crippen molar-refractivity contribution in [1.29, 1.82) is 4.78 Å². The molecule has 1 saturated heterocycles. The molecule has 0 radical (unpaired) electrons. The summed E-state index contributed by atoms with van der Waals surface area (Å²) < 4.78 is 19.1. The molecule has 1 aliphatic carbocycles. The number of benzene rings is 1. The summed E-state index contributed by atoms with van der Waals surface area (Å²) in [5.41, 5.74) is 1.96. The van der Waals surface area contributed by atoms with Gasteiger partial charge >= 0.3 is 0 Å². The van der Waals surface area contributed by atoms with Gasteiger partial charge in [0.15, 0.2) is 0 Å². The third-order valence-electron chi connectivity index (χ3n) is 4.34. The minimum atomic E-state index is -2.56. The molecule has 18 heavy (non-hydrogen) atoms. The first-order valence-corrected chi connectivity index (χ1v) is 8.47. The smallest absolute Gasteiger partial charge is 0.0696 e. The molecule has 3 rings (SSSR count).